The van der Waals surface area contributed by atoms with E-state index in [-0.39, 0.29) is 24.3 Å². The van der Waals surface area contributed by atoms with Crippen LogP contribution >= 0.6 is 11.3 Å². The van der Waals surface area contributed by atoms with Crippen LogP contribution in [0.4, 0.5) is 0 Å². The van der Waals surface area contributed by atoms with Crippen molar-refractivity contribution in [2.24, 2.45) is 11.3 Å². The summed E-state index contributed by atoms with van der Waals surface area (Å²) >= 11 is 1.30. The first-order chi connectivity index (χ1) is 11.9. The first-order valence-electron chi connectivity index (χ1n) is 8.29. The van der Waals surface area contributed by atoms with Gasteiger partial charge in [0, 0.05) is 19.8 Å². The summed E-state index contributed by atoms with van der Waals surface area (Å²) in [5.74, 6) is -1.73. The molecule has 8 heteroatoms. The second-order valence-corrected chi connectivity index (χ2v) is 7.54. The Bertz CT molecular complexity index is 609. The van der Waals surface area contributed by atoms with Crippen LogP contribution in [-0.4, -0.2) is 48.7 Å². The number of hydrogen-bond donors (Lipinski definition) is 3. The molecule has 0 radical (unpaired) electrons. The Labute approximate surface area is 150 Å². The van der Waals surface area contributed by atoms with Gasteiger partial charge in [-0.25, -0.2) is 0 Å². The van der Waals surface area contributed by atoms with E-state index in [4.69, 9.17) is 4.74 Å². The normalized spacial score (nSPS) is 17.7. The number of thiophene rings is 1. The lowest BCUT2D eigenvalue weighted by molar-refractivity contribution is -0.154. The number of carbonyl (C=O) groups excluding carboxylic acids is 2. The summed E-state index contributed by atoms with van der Waals surface area (Å²) in [5.41, 5.74) is -1.01. The molecule has 1 aromatic heterocycles. The molecular formula is C17H24N2O5S. The molecule has 2 heterocycles. The van der Waals surface area contributed by atoms with Gasteiger partial charge in [0.25, 0.3) is 5.91 Å². The van der Waals surface area contributed by atoms with E-state index in [2.05, 4.69) is 10.6 Å². The van der Waals surface area contributed by atoms with Crippen molar-refractivity contribution in [3.63, 3.8) is 0 Å². The summed E-state index contributed by atoms with van der Waals surface area (Å²) in [4.78, 5) is 36.9. The molecule has 0 aromatic carbocycles. The standard InChI is InChI=1S/C17H24N2O5S/c1-11(2)13(19-14(20)12-4-3-9-25-12)15(21)18-10-17(16(22)23)5-7-24-8-6-17/h3-4,9,11,13H,5-8,10H2,1-2H3,(H,18,21)(H,19,20)(H,22,23). The molecule has 1 unspecified atom stereocenters. The van der Waals surface area contributed by atoms with Crippen molar-refractivity contribution in [1.82, 2.24) is 10.6 Å². The zero-order valence-corrected chi connectivity index (χ0v) is 15.2. The third kappa shape index (κ3) is 4.79. The molecule has 1 aliphatic rings. The first kappa shape index (κ1) is 19.4. The van der Waals surface area contributed by atoms with Gasteiger partial charge in [0.05, 0.1) is 10.3 Å². The fourth-order valence-electron chi connectivity index (χ4n) is 2.75. The molecule has 0 aliphatic carbocycles. The van der Waals surface area contributed by atoms with Crippen molar-refractivity contribution in [2.75, 3.05) is 19.8 Å². The van der Waals surface area contributed by atoms with Crippen LogP contribution in [0.15, 0.2) is 17.5 Å². The van der Waals surface area contributed by atoms with Gasteiger partial charge in [0.2, 0.25) is 5.91 Å². The van der Waals surface area contributed by atoms with E-state index in [1.807, 2.05) is 13.8 Å². The molecule has 2 amide bonds. The Morgan fingerprint density at radius 1 is 1.32 bits per heavy atom. The molecule has 1 fully saturated rings. The SMILES string of the molecule is CC(C)C(NC(=O)c1cccs1)C(=O)NCC1(C(=O)O)CCOCC1. The average Bonchev–Trinajstić information content (AvgIpc) is 3.12. The summed E-state index contributed by atoms with van der Waals surface area (Å²) < 4.78 is 5.23. The summed E-state index contributed by atoms with van der Waals surface area (Å²) in [5, 5.41) is 16.8. The number of nitrogens with one attached hydrogen (secondary N) is 2. The van der Waals surface area contributed by atoms with Crippen LogP contribution in [0.5, 0.6) is 0 Å². The Kier molecular flexibility index (Phi) is 6.55. The van der Waals surface area contributed by atoms with Crippen LogP contribution in [0.2, 0.25) is 0 Å². The van der Waals surface area contributed by atoms with Crippen LogP contribution in [0.25, 0.3) is 0 Å². The minimum absolute atomic E-state index is 0.0304. The molecule has 1 aromatic rings. The Morgan fingerprint density at radius 3 is 2.52 bits per heavy atom. The van der Waals surface area contributed by atoms with Gasteiger partial charge in [0.15, 0.2) is 0 Å². The molecule has 25 heavy (non-hydrogen) atoms. The Morgan fingerprint density at radius 2 is 2.00 bits per heavy atom. The number of carbonyl (C=O) groups is 3. The predicted molar refractivity (Wildman–Crippen MR) is 93.5 cm³/mol. The largest absolute Gasteiger partial charge is 0.481 e. The fourth-order valence-corrected chi connectivity index (χ4v) is 3.38. The maximum Gasteiger partial charge on any atom is 0.311 e. The van der Waals surface area contributed by atoms with Crippen molar-refractivity contribution in [1.29, 1.82) is 0 Å². The van der Waals surface area contributed by atoms with Crippen molar-refractivity contribution in [3.05, 3.63) is 22.4 Å². The summed E-state index contributed by atoms with van der Waals surface area (Å²) in [6.07, 6.45) is 0.715. The van der Waals surface area contributed by atoms with Crippen LogP contribution < -0.4 is 10.6 Å². The highest BCUT2D eigenvalue weighted by Crippen LogP contribution is 2.30. The molecule has 3 N–H and O–H groups in total. The third-order valence-corrected chi connectivity index (χ3v) is 5.35. The Balaban J connectivity index is 2.00. The smallest absolute Gasteiger partial charge is 0.311 e. The second kappa shape index (κ2) is 8.44. The number of ether oxygens (including phenoxy) is 1. The van der Waals surface area contributed by atoms with Crippen molar-refractivity contribution < 1.29 is 24.2 Å². The van der Waals surface area contributed by atoms with Crippen LogP contribution in [0, 0.1) is 11.3 Å². The molecule has 2 rings (SSSR count). The molecule has 1 aliphatic heterocycles. The van der Waals surface area contributed by atoms with Crippen LogP contribution in [-0.2, 0) is 14.3 Å². The van der Waals surface area contributed by atoms with E-state index in [9.17, 15) is 19.5 Å². The lowest BCUT2D eigenvalue weighted by Crippen LogP contribution is -2.53. The second-order valence-electron chi connectivity index (χ2n) is 6.59. The first-order valence-corrected chi connectivity index (χ1v) is 9.17. The number of rotatable bonds is 7. The summed E-state index contributed by atoms with van der Waals surface area (Å²) in [7, 11) is 0. The molecule has 0 bridgehead atoms. The molecule has 7 nitrogen and oxygen atoms in total. The number of amides is 2. The zero-order chi connectivity index (χ0) is 18.4. The highest BCUT2D eigenvalue weighted by Gasteiger charge is 2.41. The van der Waals surface area contributed by atoms with Gasteiger partial charge < -0.3 is 20.5 Å². The van der Waals surface area contributed by atoms with Gasteiger partial charge >= 0.3 is 5.97 Å². The van der Waals surface area contributed by atoms with Gasteiger partial charge in [-0.2, -0.15) is 0 Å². The number of hydrogen-bond acceptors (Lipinski definition) is 5. The van der Waals surface area contributed by atoms with Crippen molar-refractivity contribution in [2.45, 2.75) is 32.7 Å². The number of carboxylic acids is 1. The third-order valence-electron chi connectivity index (χ3n) is 4.49. The minimum atomic E-state index is -1.01. The van der Waals surface area contributed by atoms with Crippen LogP contribution in [0.3, 0.4) is 0 Å². The highest BCUT2D eigenvalue weighted by molar-refractivity contribution is 7.12. The monoisotopic (exact) mass is 368 g/mol. The lowest BCUT2D eigenvalue weighted by Gasteiger charge is -2.34. The highest BCUT2D eigenvalue weighted by atomic mass is 32.1. The van der Waals surface area contributed by atoms with Crippen LogP contribution in [0.1, 0.15) is 36.4 Å². The fraction of sp³-hybridized carbons (Fsp3) is 0.588. The van der Waals surface area contributed by atoms with E-state index in [1.165, 1.54) is 11.3 Å². The van der Waals surface area contributed by atoms with Gasteiger partial charge in [-0.1, -0.05) is 19.9 Å². The minimum Gasteiger partial charge on any atom is -0.481 e. The molecule has 138 valence electrons. The van der Waals surface area contributed by atoms with Crippen molar-refractivity contribution in [3.8, 4) is 0 Å². The zero-order valence-electron chi connectivity index (χ0n) is 14.4. The number of aliphatic carboxylic acids is 1. The molecule has 1 saturated heterocycles. The maximum absolute atomic E-state index is 12.6. The lowest BCUT2D eigenvalue weighted by atomic mass is 9.80. The summed E-state index contributed by atoms with van der Waals surface area (Å²) in [6, 6.07) is 2.74. The molecule has 0 saturated carbocycles. The van der Waals surface area contributed by atoms with Gasteiger partial charge in [0.1, 0.15) is 6.04 Å². The summed E-state index contributed by atoms with van der Waals surface area (Å²) in [6.45, 7) is 4.43. The van der Waals surface area contributed by atoms with E-state index >= 15 is 0 Å². The van der Waals surface area contributed by atoms with Gasteiger partial charge in [-0.05, 0) is 30.2 Å². The quantitative estimate of drug-likeness (QED) is 0.676. The Hall–Kier alpha value is -1.93. The maximum atomic E-state index is 12.6. The van der Waals surface area contributed by atoms with Crippen molar-refractivity contribution >= 4 is 29.1 Å². The van der Waals surface area contributed by atoms with Gasteiger partial charge in [-0.15, -0.1) is 11.3 Å². The van der Waals surface area contributed by atoms with E-state index in [1.54, 1.807) is 17.5 Å². The average molecular weight is 368 g/mol. The number of carboxylic acid groups (broad SMARTS) is 1. The molecule has 0 spiro atoms. The van der Waals surface area contributed by atoms with Gasteiger partial charge in [-0.3, -0.25) is 14.4 Å². The van der Waals surface area contributed by atoms with E-state index in [0.29, 0.717) is 30.9 Å². The van der Waals surface area contributed by atoms with E-state index in [0.717, 1.165) is 0 Å². The molecular weight excluding hydrogens is 344 g/mol. The molecule has 1 atom stereocenters. The predicted octanol–water partition coefficient (Wildman–Crippen LogP) is 1.50. The topological polar surface area (TPSA) is 105 Å². The van der Waals surface area contributed by atoms with E-state index < -0.39 is 17.4 Å².